The number of amides is 2. The number of nitrogens with one attached hydrogen (secondary N) is 2. The second kappa shape index (κ2) is 10.1. The molecule has 0 aliphatic carbocycles. The standard InChI is InChI=1S/C19H15N3O8/c23-16(8-9-18(25)26)20-13-6-4-12(5-7-13)19(27)30-11-17(24)21-14-2-1-3-15(10-14)22(28)29/h1-10H,11H2,(H,20,23)(H,21,24)(H,25,26)/b9-8+. The molecular weight excluding hydrogens is 398 g/mol. The largest absolute Gasteiger partial charge is 0.478 e. The number of esters is 1. The molecule has 0 bridgehead atoms. The summed E-state index contributed by atoms with van der Waals surface area (Å²) in [7, 11) is 0. The van der Waals surface area contributed by atoms with Crippen LogP contribution in [0.25, 0.3) is 0 Å². The number of nitro benzene ring substituents is 1. The van der Waals surface area contributed by atoms with Crippen LogP contribution in [-0.2, 0) is 19.1 Å². The van der Waals surface area contributed by atoms with Crippen molar-refractivity contribution in [2.75, 3.05) is 17.2 Å². The maximum absolute atomic E-state index is 12.0. The number of aliphatic carboxylic acids is 1. The predicted molar refractivity (Wildman–Crippen MR) is 104 cm³/mol. The lowest BCUT2D eigenvalue weighted by molar-refractivity contribution is -0.384. The van der Waals surface area contributed by atoms with Gasteiger partial charge in [0.05, 0.1) is 10.5 Å². The van der Waals surface area contributed by atoms with Crippen molar-refractivity contribution in [1.29, 1.82) is 0 Å². The number of non-ortho nitro benzene ring substituents is 1. The van der Waals surface area contributed by atoms with Crippen molar-refractivity contribution in [3.63, 3.8) is 0 Å². The van der Waals surface area contributed by atoms with Crippen LogP contribution in [-0.4, -0.2) is 40.4 Å². The minimum absolute atomic E-state index is 0.109. The van der Waals surface area contributed by atoms with Crippen LogP contribution in [0.3, 0.4) is 0 Å². The fourth-order valence-electron chi connectivity index (χ4n) is 2.13. The Bertz CT molecular complexity index is 1010. The van der Waals surface area contributed by atoms with Gasteiger partial charge in [-0.2, -0.15) is 0 Å². The van der Waals surface area contributed by atoms with E-state index < -0.39 is 35.3 Å². The summed E-state index contributed by atoms with van der Waals surface area (Å²) in [5.41, 5.74) is 0.407. The molecule has 0 aliphatic rings. The molecule has 11 heteroatoms. The molecule has 11 nitrogen and oxygen atoms in total. The summed E-state index contributed by atoms with van der Waals surface area (Å²) >= 11 is 0. The van der Waals surface area contributed by atoms with Crippen LogP contribution in [0.2, 0.25) is 0 Å². The Labute approximate surface area is 169 Å². The number of nitrogens with zero attached hydrogens (tertiary/aromatic N) is 1. The van der Waals surface area contributed by atoms with Gasteiger partial charge in [0.25, 0.3) is 11.6 Å². The summed E-state index contributed by atoms with van der Waals surface area (Å²) in [6.07, 6.45) is 1.52. The van der Waals surface area contributed by atoms with Crippen molar-refractivity contribution in [2.24, 2.45) is 0 Å². The van der Waals surface area contributed by atoms with Crippen molar-refractivity contribution >= 4 is 40.8 Å². The van der Waals surface area contributed by atoms with Gasteiger partial charge >= 0.3 is 11.9 Å². The lowest BCUT2D eigenvalue weighted by Crippen LogP contribution is -2.21. The number of carbonyl (C=O) groups excluding carboxylic acids is 3. The molecule has 0 heterocycles. The van der Waals surface area contributed by atoms with Crippen molar-refractivity contribution < 1.29 is 33.9 Å². The molecule has 0 spiro atoms. The number of carboxylic acid groups (broad SMARTS) is 1. The molecule has 0 unspecified atom stereocenters. The van der Waals surface area contributed by atoms with Gasteiger partial charge in [-0.1, -0.05) is 6.07 Å². The molecule has 2 aromatic rings. The second-order valence-electron chi connectivity index (χ2n) is 5.67. The van der Waals surface area contributed by atoms with Gasteiger partial charge in [0, 0.05) is 35.7 Å². The summed E-state index contributed by atoms with van der Waals surface area (Å²) in [4.78, 5) is 55.8. The highest BCUT2D eigenvalue weighted by molar-refractivity contribution is 6.02. The van der Waals surface area contributed by atoms with Crippen LogP contribution in [0, 0.1) is 10.1 Å². The number of hydrogen-bond acceptors (Lipinski definition) is 7. The van der Waals surface area contributed by atoms with Gasteiger partial charge < -0.3 is 20.5 Å². The zero-order valence-electron chi connectivity index (χ0n) is 15.2. The van der Waals surface area contributed by atoms with Crippen molar-refractivity contribution in [3.05, 3.63) is 76.4 Å². The minimum Gasteiger partial charge on any atom is -0.478 e. The Balaban J connectivity index is 1.86. The molecule has 2 amide bonds. The third kappa shape index (κ3) is 6.88. The number of benzene rings is 2. The van der Waals surface area contributed by atoms with Crippen LogP contribution in [0.5, 0.6) is 0 Å². The van der Waals surface area contributed by atoms with Crippen molar-refractivity contribution in [2.45, 2.75) is 0 Å². The maximum atomic E-state index is 12.0. The molecule has 0 saturated heterocycles. The molecule has 0 radical (unpaired) electrons. The van der Waals surface area contributed by atoms with Crippen LogP contribution in [0.15, 0.2) is 60.7 Å². The Hall–Kier alpha value is -4.54. The zero-order chi connectivity index (χ0) is 22.1. The highest BCUT2D eigenvalue weighted by Gasteiger charge is 2.12. The second-order valence-corrected chi connectivity index (χ2v) is 5.67. The number of rotatable bonds is 8. The van der Waals surface area contributed by atoms with Crippen LogP contribution in [0.4, 0.5) is 17.1 Å². The van der Waals surface area contributed by atoms with E-state index in [2.05, 4.69) is 10.6 Å². The van der Waals surface area contributed by atoms with Crippen molar-refractivity contribution in [3.8, 4) is 0 Å². The normalized spacial score (nSPS) is 10.3. The minimum atomic E-state index is -1.27. The first-order valence-corrected chi connectivity index (χ1v) is 8.28. The van der Waals surface area contributed by atoms with Gasteiger partial charge in [-0.25, -0.2) is 9.59 Å². The fourth-order valence-corrected chi connectivity index (χ4v) is 2.13. The Morgan fingerprint density at radius 1 is 1.00 bits per heavy atom. The number of anilines is 2. The third-order valence-corrected chi connectivity index (χ3v) is 3.44. The smallest absolute Gasteiger partial charge is 0.338 e. The number of ether oxygens (including phenoxy) is 1. The maximum Gasteiger partial charge on any atom is 0.338 e. The van der Waals surface area contributed by atoms with E-state index in [1.165, 1.54) is 48.5 Å². The first-order chi connectivity index (χ1) is 14.2. The van der Waals surface area contributed by atoms with E-state index >= 15 is 0 Å². The summed E-state index contributed by atoms with van der Waals surface area (Å²) in [5.74, 6) is -3.41. The molecular formula is C19H15N3O8. The SMILES string of the molecule is O=C(O)/C=C/C(=O)Nc1ccc(C(=O)OCC(=O)Nc2cccc([N+](=O)[O-])c2)cc1. The molecule has 0 saturated carbocycles. The molecule has 0 aliphatic heterocycles. The van der Waals surface area contributed by atoms with Gasteiger partial charge in [-0.15, -0.1) is 0 Å². The fraction of sp³-hybridized carbons (Fsp3) is 0.0526. The van der Waals surface area contributed by atoms with Crippen molar-refractivity contribution in [1.82, 2.24) is 0 Å². The molecule has 0 fully saturated rings. The van der Waals surface area contributed by atoms with Crippen LogP contribution >= 0.6 is 0 Å². The number of hydrogen-bond donors (Lipinski definition) is 3. The lowest BCUT2D eigenvalue weighted by atomic mass is 10.2. The molecule has 2 rings (SSSR count). The van der Waals surface area contributed by atoms with E-state index in [-0.39, 0.29) is 16.9 Å². The average molecular weight is 413 g/mol. The molecule has 30 heavy (non-hydrogen) atoms. The third-order valence-electron chi connectivity index (χ3n) is 3.44. The Morgan fingerprint density at radius 3 is 2.33 bits per heavy atom. The van der Waals surface area contributed by atoms with E-state index in [1.807, 2.05) is 0 Å². The average Bonchev–Trinajstić information content (AvgIpc) is 2.71. The first-order valence-electron chi connectivity index (χ1n) is 8.28. The van der Waals surface area contributed by atoms with Gasteiger partial charge in [0.2, 0.25) is 5.91 Å². The lowest BCUT2D eigenvalue weighted by Gasteiger charge is -2.07. The van der Waals surface area contributed by atoms with E-state index in [1.54, 1.807) is 0 Å². The first kappa shape index (κ1) is 21.8. The van der Waals surface area contributed by atoms with E-state index in [0.717, 1.165) is 6.08 Å². The Kier molecular flexibility index (Phi) is 7.34. The molecule has 154 valence electrons. The molecule has 3 N–H and O–H groups in total. The predicted octanol–water partition coefficient (Wildman–Crippen LogP) is 1.97. The van der Waals surface area contributed by atoms with E-state index in [0.29, 0.717) is 11.8 Å². The molecule has 0 aromatic heterocycles. The van der Waals surface area contributed by atoms with Gasteiger partial charge in [0.15, 0.2) is 6.61 Å². The molecule has 2 aromatic carbocycles. The van der Waals surface area contributed by atoms with E-state index in [4.69, 9.17) is 9.84 Å². The summed E-state index contributed by atoms with van der Waals surface area (Å²) in [5, 5.41) is 24.0. The van der Waals surface area contributed by atoms with Gasteiger partial charge in [-0.3, -0.25) is 19.7 Å². The number of nitro groups is 1. The summed E-state index contributed by atoms with van der Waals surface area (Å²) < 4.78 is 4.88. The van der Waals surface area contributed by atoms with Crippen LogP contribution < -0.4 is 10.6 Å². The van der Waals surface area contributed by atoms with Crippen LogP contribution in [0.1, 0.15) is 10.4 Å². The topological polar surface area (TPSA) is 165 Å². The zero-order valence-corrected chi connectivity index (χ0v) is 15.2. The Morgan fingerprint density at radius 2 is 1.70 bits per heavy atom. The number of carbonyl (C=O) groups is 4. The highest BCUT2D eigenvalue weighted by Crippen LogP contribution is 2.17. The van der Waals surface area contributed by atoms with E-state index in [9.17, 15) is 29.3 Å². The monoisotopic (exact) mass is 413 g/mol. The number of carboxylic acids is 1. The van der Waals surface area contributed by atoms with Gasteiger partial charge in [-0.05, 0) is 30.3 Å². The summed E-state index contributed by atoms with van der Waals surface area (Å²) in [6.45, 7) is -0.611. The van der Waals surface area contributed by atoms with Gasteiger partial charge in [0.1, 0.15) is 0 Å². The highest BCUT2D eigenvalue weighted by atomic mass is 16.6. The molecule has 0 atom stereocenters. The quantitative estimate of drug-likeness (QED) is 0.256. The summed E-state index contributed by atoms with van der Waals surface area (Å²) in [6, 6.07) is 10.8.